The molecule has 5 nitrogen and oxygen atoms in total. The summed E-state index contributed by atoms with van der Waals surface area (Å²) in [5.41, 5.74) is 1.55. The minimum atomic E-state index is -0.561. The van der Waals surface area contributed by atoms with E-state index < -0.39 is 5.54 Å². The number of nitrogens with zero attached hydrogens (tertiary/aromatic N) is 2. The Hall–Kier alpha value is -0.880. The molecule has 0 aliphatic heterocycles. The Bertz CT molecular complexity index is 529. The molecular formula is C15H24BrN3O2. The molecule has 118 valence electrons. The number of esters is 1. The molecule has 21 heavy (non-hydrogen) atoms. The Morgan fingerprint density at radius 2 is 2.24 bits per heavy atom. The number of ether oxygens (including phenoxy) is 1. The van der Waals surface area contributed by atoms with Gasteiger partial charge in [0.1, 0.15) is 5.54 Å². The van der Waals surface area contributed by atoms with Gasteiger partial charge in [0.25, 0.3) is 0 Å². The zero-order valence-corrected chi connectivity index (χ0v) is 14.8. The van der Waals surface area contributed by atoms with Crippen LogP contribution in [0.3, 0.4) is 0 Å². The van der Waals surface area contributed by atoms with Crippen LogP contribution in [0.25, 0.3) is 0 Å². The second-order valence-corrected chi connectivity index (χ2v) is 6.45. The van der Waals surface area contributed by atoms with E-state index in [9.17, 15) is 4.79 Å². The van der Waals surface area contributed by atoms with Gasteiger partial charge in [0.2, 0.25) is 0 Å². The number of rotatable bonds is 5. The van der Waals surface area contributed by atoms with Gasteiger partial charge in [-0.05, 0) is 62.5 Å². The normalized spacial score (nSPS) is 25.3. The molecule has 1 N–H and O–H groups in total. The van der Waals surface area contributed by atoms with Gasteiger partial charge in [-0.2, -0.15) is 5.10 Å². The maximum Gasteiger partial charge on any atom is 0.326 e. The highest BCUT2D eigenvalue weighted by molar-refractivity contribution is 9.10. The summed E-state index contributed by atoms with van der Waals surface area (Å²) in [5.74, 6) is -0.130. The molecule has 1 aliphatic carbocycles. The minimum Gasteiger partial charge on any atom is -0.465 e. The molecule has 0 aromatic carbocycles. The van der Waals surface area contributed by atoms with E-state index in [1.54, 1.807) is 0 Å². The molecule has 1 aliphatic rings. The van der Waals surface area contributed by atoms with Gasteiger partial charge in [-0.15, -0.1) is 0 Å². The molecule has 2 atom stereocenters. The molecule has 1 fully saturated rings. The lowest BCUT2D eigenvalue weighted by atomic mass is 9.97. The topological polar surface area (TPSA) is 56.1 Å². The van der Waals surface area contributed by atoms with Gasteiger partial charge in [0.15, 0.2) is 0 Å². The van der Waals surface area contributed by atoms with E-state index in [-0.39, 0.29) is 12.0 Å². The molecule has 0 bridgehead atoms. The van der Waals surface area contributed by atoms with E-state index >= 15 is 0 Å². The number of likely N-dealkylation sites (N-methyl/N-ethyl adjacent to an activating group) is 1. The zero-order valence-electron chi connectivity index (χ0n) is 13.2. The molecule has 1 saturated carbocycles. The van der Waals surface area contributed by atoms with E-state index in [2.05, 4.69) is 38.0 Å². The molecule has 1 aromatic rings. The average molecular weight is 358 g/mol. The zero-order chi connectivity index (χ0) is 15.6. The van der Waals surface area contributed by atoms with Crippen molar-refractivity contribution in [2.24, 2.45) is 0 Å². The van der Waals surface area contributed by atoms with Crippen LogP contribution < -0.4 is 5.32 Å². The highest BCUT2D eigenvalue weighted by Crippen LogP contribution is 2.40. The minimum absolute atomic E-state index is 0.130. The maximum atomic E-state index is 12.4. The van der Waals surface area contributed by atoms with E-state index in [0.29, 0.717) is 6.61 Å². The molecule has 0 radical (unpaired) electrons. The van der Waals surface area contributed by atoms with Gasteiger partial charge < -0.3 is 10.1 Å². The number of hydrogen-bond acceptors (Lipinski definition) is 4. The Labute approximate surface area is 134 Å². The van der Waals surface area contributed by atoms with Crippen LogP contribution in [0, 0.1) is 13.8 Å². The van der Waals surface area contributed by atoms with Crippen molar-refractivity contribution in [2.75, 3.05) is 13.2 Å². The van der Waals surface area contributed by atoms with E-state index in [0.717, 1.165) is 41.7 Å². The van der Waals surface area contributed by atoms with Crippen molar-refractivity contribution in [1.82, 2.24) is 15.1 Å². The number of carbonyl (C=O) groups is 1. The predicted octanol–water partition coefficient (Wildman–Crippen LogP) is 2.90. The fraction of sp³-hybridized carbons (Fsp3) is 0.733. The smallest absolute Gasteiger partial charge is 0.326 e. The van der Waals surface area contributed by atoms with Crippen molar-refractivity contribution in [1.29, 1.82) is 0 Å². The molecule has 2 rings (SSSR count). The fourth-order valence-electron chi connectivity index (χ4n) is 3.25. The largest absolute Gasteiger partial charge is 0.465 e. The lowest BCUT2D eigenvalue weighted by Gasteiger charge is -2.28. The number of carbonyl (C=O) groups excluding carboxylic acids is 1. The number of halogens is 1. The molecule has 1 heterocycles. The first-order chi connectivity index (χ1) is 9.95. The van der Waals surface area contributed by atoms with Crippen LogP contribution in [0.5, 0.6) is 0 Å². The third-order valence-corrected chi connectivity index (χ3v) is 5.40. The SMILES string of the molecule is CCNC1(C(=O)OCC)CCC(n2nc(C)c(Br)c2C)C1. The van der Waals surface area contributed by atoms with Crippen molar-refractivity contribution in [2.45, 2.75) is 58.5 Å². The molecule has 0 amide bonds. The van der Waals surface area contributed by atoms with Crippen LogP contribution in [0.2, 0.25) is 0 Å². The molecule has 6 heteroatoms. The Morgan fingerprint density at radius 1 is 1.52 bits per heavy atom. The highest BCUT2D eigenvalue weighted by atomic mass is 79.9. The summed E-state index contributed by atoms with van der Waals surface area (Å²) in [6.07, 6.45) is 2.45. The fourth-order valence-corrected chi connectivity index (χ4v) is 3.51. The van der Waals surface area contributed by atoms with Crippen LogP contribution in [0.4, 0.5) is 0 Å². The number of nitrogens with one attached hydrogen (secondary N) is 1. The summed E-state index contributed by atoms with van der Waals surface area (Å²) < 4.78 is 8.39. The quantitative estimate of drug-likeness (QED) is 0.823. The van der Waals surface area contributed by atoms with Crippen molar-refractivity contribution in [3.8, 4) is 0 Å². The van der Waals surface area contributed by atoms with Gasteiger partial charge in [0, 0.05) is 0 Å². The molecule has 0 spiro atoms. The van der Waals surface area contributed by atoms with Crippen molar-refractivity contribution < 1.29 is 9.53 Å². The Morgan fingerprint density at radius 3 is 2.76 bits per heavy atom. The summed E-state index contributed by atoms with van der Waals surface area (Å²) in [5, 5.41) is 7.97. The van der Waals surface area contributed by atoms with E-state index in [1.165, 1.54) is 0 Å². The van der Waals surface area contributed by atoms with Crippen LogP contribution in [0.15, 0.2) is 4.47 Å². The van der Waals surface area contributed by atoms with Crippen LogP contribution in [0.1, 0.15) is 50.5 Å². The van der Waals surface area contributed by atoms with Crippen molar-refractivity contribution in [3.05, 3.63) is 15.9 Å². The standard InChI is InChI=1S/C15H24BrN3O2/c1-5-17-15(14(20)21-6-2)8-7-12(9-15)19-11(4)13(16)10(3)18-19/h12,17H,5-9H2,1-4H3. The van der Waals surface area contributed by atoms with Crippen LogP contribution in [-0.2, 0) is 9.53 Å². The van der Waals surface area contributed by atoms with Crippen LogP contribution >= 0.6 is 15.9 Å². The van der Waals surface area contributed by atoms with Gasteiger partial charge >= 0.3 is 5.97 Å². The van der Waals surface area contributed by atoms with Crippen LogP contribution in [-0.4, -0.2) is 34.4 Å². The first kappa shape index (κ1) is 16.5. The third-order valence-electron chi connectivity index (χ3n) is 4.25. The van der Waals surface area contributed by atoms with Gasteiger partial charge in [-0.1, -0.05) is 6.92 Å². The number of hydrogen-bond donors (Lipinski definition) is 1. The van der Waals surface area contributed by atoms with Crippen molar-refractivity contribution >= 4 is 21.9 Å². The average Bonchev–Trinajstić information content (AvgIpc) is 2.98. The monoisotopic (exact) mass is 357 g/mol. The summed E-state index contributed by atoms with van der Waals surface area (Å²) in [7, 11) is 0. The Kier molecular flexibility index (Phi) is 5.09. The first-order valence-electron chi connectivity index (χ1n) is 7.58. The van der Waals surface area contributed by atoms with Gasteiger partial charge in [-0.3, -0.25) is 9.48 Å². The molecular weight excluding hydrogens is 334 g/mol. The molecule has 0 saturated heterocycles. The highest BCUT2D eigenvalue weighted by Gasteiger charge is 2.47. The number of aromatic nitrogens is 2. The van der Waals surface area contributed by atoms with Gasteiger partial charge in [0.05, 0.1) is 28.5 Å². The summed E-state index contributed by atoms with van der Waals surface area (Å²) in [4.78, 5) is 12.4. The number of aryl methyl sites for hydroxylation is 1. The molecule has 1 aromatic heterocycles. The Balaban J connectivity index is 2.23. The summed E-state index contributed by atoms with van der Waals surface area (Å²) >= 11 is 3.57. The maximum absolute atomic E-state index is 12.4. The first-order valence-corrected chi connectivity index (χ1v) is 8.38. The van der Waals surface area contributed by atoms with E-state index in [4.69, 9.17) is 4.74 Å². The second-order valence-electron chi connectivity index (χ2n) is 5.66. The van der Waals surface area contributed by atoms with E-state index in [1.807, 2.05) is 20.8 Å². The molecule has 2 unspecified atom stereocenters. The lowest BCUT2D eigenvalue weighted by Crippen LogP contribution is -2.51. The second kappa shape index (κ2) is 6.48. The van der Waals surface area contributed by atoms with Gasteiger partial charge in [-0.25, -0.2) is 0 Å². The predicted molar refractivity (Wildman–Crippen MR) is 85.3 cm³/mol. The lowest BCUT2D eigenvalue weighted by molar-refractivity contribution is -0.151. The summed E-state index contributed by atoms with van der Waals surface area (Å²) in [6, 6.07) is 0.235. The van der Waals surface area contributed by atoms with Crippen molar-refractivity contribution in [3.63, 3.8) is 0 Å². The third kappa shape index (κ3) is 3.01. The summed E-state index contributed by atoms with van der Waals surface area (Å²) in [6.45, 7) is 9.10.